The van der Waals surface area contributed by atoms with E-state index < -0.39 is 5.91 Å². The number of rotatable bonds is 7. The second kappa shape index (κ2) is 9.36. The van der Waals surface area contributed by atoms with Gasteiger partial charge in [-0.15, -0.1) is 0 Å². The van der Waals surface area contributed by atoms with Crippen LogP contribution in [0.3, 0.4) is 0 Å². The number of hydrogen-bond donors (Lipinski definition) is 2. The fourth-order valence-electron chi connectivity index (χ4n) is 2.46. The molecule has 0 aliphatic heterocycles. The van der Waals surface area contributed by atoms with Crippen LogP contribution in [0.4, 0.5) is 5.69 Å². The predicted octanol–water partition coefficient (Wildman–Crippen LogP) is 3.39. The summed E-state index contributed by atoms with van der Waals surface area (Å²) in [6.45, 7) is 3.72. The lowest BCUT2D eigenvalue weighted by Gasteiger charge is -2.10. The molecule has 0 spiro atoms. The van der Waals surface area contributed by atoms with Gasteiger partial charge in [0.25, 0.3) is 5.91 Å². The number of methoxy groups -OCH3 is 1. The molecule has 6 heteroatoms. The van der Waals surface area contributed by atoms with E-state index in [0.29, 0.717) is 17.0 Å². The Labute approximate surface area is 153 Å². The third kappa shape index (κ3) is 5.17. The van der Waals surface area contributed by atoms with Crippen molar-refractivity contribution in [3.8, 4) is 5.75 Å². The van der Waals surface area contributed by atoms with Gasteiger partial charge in [-0.05, 0) is 37.1 Å². The number of benzene rings is 2. The zero-order valence-electron chi connectivity index (χ0n) is 15.2. The van der Waals surface area contributed by atoms with Gasteiger partial charge in [-0.25, -0.2) is 5.43 Å². The molecule has 0 radical (unpaired) electrons. The largest absolute Gasteiger partial charge is 0.496 e. The second-order valence-electron chi connectivity index (χ2n) is 5.72. The van der Waals surface area contributed by atoms with E-state index in [4.69, 9.17) is 4.74 Å². The highest BCUT2D eigenvalue weighted by Gasteiger charge is 2.11. The smallest absolute Gasteiger partial charge is 0.275 e. The number of ether oxygens (including phenoxy) is 1. The van der Waals surface area contributed by atoms with Crippen molar-refractivity contribution in [3.63, 3.8) is 0 Å². The molecule has 2 amide bonds. The summed E-state index contributed by atoms with van der Waals surface area (Å²) in [7, 11) is 1.50. The molecule has 136 valence electrons. The summed E-state index contributed by atoms with van der Waals surface area (Å²) in [6.07, 6.45) is 0.919. The van der Waals surface area contributed by atoms with Crippen LogP contribution in [0.15, 0.2) is 53.6 Å². The lowest BCUT2D eigenvalue weighted by atomic mass is 10.1. The number of hydrogen-bond acceptors (Lipinski definition) is 4. The average Bonchev–Trinajstić information content (AvgIpc) is 2.66. The van der Waals surface area contributed by atoms with Crippen molar-refractivity contribution in [2.24, 2.45) is 5.10 Å². The first kappa shape index (κ1) is 19.2. The van der Waals surface area contributed by atoms with E-state index in [2.05, 4.69) is 15.8 Å². The van der Waals surface area contributed by atoms with E-state index in [1.54, 1.807) is 31.2 Å². The normalized spacial score (nSPS) is 11.0. The van der Waals surface area contributed by atoms with Crippen LogP contribution in [0.25, 0.3) is 0 Å². The van der Waals surface area contributed by atoms with Gasteiger partial charge in [-0.1, -0.05) is 37.3 Å². The lowest BCUT2D eigenvalue weighted by molar-refractivity contribution is -0.115. The number of amides is 2. The Balaban J connectivity index is 1.95. The molecule has 0 aromatic heterocycles. The van der Waals surface area contributed by atoms with E-state index in [1.807, 2.05) is 31.2 Å². The summed E-state index contributed by atoms with van der Waals surface area (Å²) in [5, 5.41) is 6.88. The van der Waals surface area contributed by atoms with Crippen LogP contribution in [0.5, 0.6) is 5.75 Å². The molecule has 0 aliphatic rings. The third-order valence-corrected chi connectivity index (χ3v) is 3.79. The van der Waals surface area contributed by atoms with Crippen molar-refractivity contribution >= 4 is 23.2 Å². The zero-order valence-corrected chi connectivity index (χ0v) is 15.2. The monoisotopic (exact) mass is 353 g/mol. The SMILES string of the molecule is CCc1ccccc1NC(=O)CC(C)=NNC(=O)c1ccccc1OC. The quantitative estimate of drug-likeness (QED) is 0.591. The van der Waals surface area contributed by atoms with Crippen LogP contribution < -0.4 is 15.5 Å². The molecule has 2 aromatic carbocycles. The second-order valence-corrected chi connectivity index (χ2v) is 5.72. The highest BCUT2D eigenvalue weighted by molar-refractivity contribution is 6.06. The molecule has 0 saturated heterocycles. The van der Waals surface area contributed by atoms with Crippen LogP contribution in [-0.2, 0) is 11.2 Å². The van der Waals surface area contributed by atoms with Gasteiger partial charge in [0.2, 0.25) is 5.91 Å². The van der Waals surface area contributed by atoms with Crippen molar-refractivity contribution in [2.75, 3.05) is 12.4 Å². The minimum atomic E-state index is -0.390. The first-order chi connectivity index (χ1) is 12.5. The number of para-hydroxylation sites is 2. The molecule has 0 bridgehead atoms. The van der Waals surface area contributed by atoms with Gasteiger partial charge >= 0.3 is 0 Å². The summed E-state index contributed by atoms with van der Waals surface area (Å²) >= 11 is 0. The van der Waals surface area contributed by atoms with Crippen molar-refractivity contribution in [1.29, 1.82) is 0 Å². The molecule has 0 saturated carbocycles. The summed E-state index contributed by atoms with van der Waals surface area (Å²) in [4.78, 5) is 24.4. The van der Waals surface area contributed by atoms with E-state index in [9.17, 15) is 9.59 Å². The van der Waals surface area contributed by atoms with Gasteiger partial charge in [0.05, 0.1) is 19.1 Å². The molecule has 0 aliphatic carbocycles. The summed E-state index contributed by atoms with van der Waals surface area (Å²) in [5.74, 6) is -0.107. The van der Waals surface area contributed by atoms with Crippen LogP contribution >= 0.6 is 0 Å². The summed E-state index contributed by atoms with van der Waals surface area (Å²) in [5.41, 5.74) is 5.20. The van der Waals surface area contributed by atoms with Crippen molar-refractivity contribution in [1.82, 2.24) is 5.43 Å². The Hall–Kier alpha value is -3.15. The number of carbonyl (C=O) groups excluding carboxylic acids is 2. The fraction of sp³-hybridized carbons (Fsp3) is 0.250. The predicted molar refractivity (Wildman–Crippen MR) is 103 cm³/mol. The number of hydrazone groups is 1. The molecule has 0 unspecified atom stereocenters. The van der Waals surface area contributed by atoms with Crippen molar-refractivity contribution < 1.29 is 14.3 Å². The number of nitrogens with zero attached hydrogens (tertiary/aromatic N) is 1. The fourth-order valence-corrected chi connectivity index (χ4v) is 2.46. The maximum Gasteiger partial charge on any atom is 0.275 e. The number of aryl methyl sites for hydroxylation is 1. The van der Waals surface area contributed by atoms with Crippen LogP contribution in [0.1, 0.15) is 36.2 Å². The topological polar surface area (TPSA) is 79.8 Å². The van der Waals surface area contributed by atoms with Gasteiger partial charge in [-0.2, -0.15) is 5.10 Å². The molecular formula is C20H23N3O3. The van der Waals surface area contributed by atoms with Crippen molar-refractivity contribution in [3.05, 3.63) is 59.7 Å². The Morgan fingerprint density at radius 3 is 2.50 bits per heavy atom. The van der Waals surface area contributed by atoms with Gasteiger partial charge in [0, 0.05) is 11.4 Å². The van der Waals surface area contributed by atoms with Crippen molar-refractivity contribution in [2.45, 2.75) is 26.7 Å². The lowest BCUT2D eigenvalue weighted by Crippen LogP contribution is -2.22. The number of nitrogens with one attached hydrogen (secondary N) is 2. The van der Waals surface area contributed by atoms with Crippen LogP contribution in [-0.4, -0.2) is 24.6 Å². The van der Waals surface area contributed by atoms with Gasteiger partial charge < -0.3 is 10.1 Å². The average molecular weight is 353 g/mol. The molecule has 0 heterocycles. The maximum absolute atomic E-state index is 12.2. The number of anilines is 1. The Kier molecular flexibility index (Phi) is 6.91. The Morgan fingerprint density at radius 2 is 1.77 bits per heavy atom. The Morgan fingerprint density at radius 1 is 1.08 bits per heavy atom. The summed E-state index contributed by atoms with van der Waals surface area (Å²) in [6, 6.07) is 14.5. The van der Waals surface area contributed by atoms with Crippen LogP contribution in [0, 0.1) is 0 Å². The molecule has 2 N–H and O–H groups in total. The maximum atomic E-state index is 12.2. The summed E-state index contributed by atoms with van der Waals surface area (Å²) < 4.78 is 5.15. The van der Waals surface area contributed by atoms with Gasteiger partial charge in [0.1, 0.15) is 5.75 Å². The minimum absolute atomic E-state index is 0.0876. The van der Waals surface area contributed by atoms with E-state index in [0.717, 1.165) is 17.7 Å². The molecule has 0 fully saturated rings. The third-order valence-electron chi connectivity index (χ3n) is 3.79. The first-order valence-electron chi connectivity index (χ1n) is 8.39. The molecular weight excluding hydrogens is 330 g/mol. The van der Waals surface area contributed by atoms with E-state index in [1.165, 1.54) is 7.11 Å². The zero-order chi connectivity index (χ0) is 18.9. The van der Waals surface area contributed by atoms with Crippen LogP contribution in [0.2, 0.25) is 0 Å². The molecule has 2 aromatic rings. The highest BCUT2D eigenvalue weighted by atomic mass is 16.5. The molecule has 26 heavy (non-hydrogen) atoms. The van der Waals surface area contributed by atoms with Gasteiger partial charge in [0.15, 0.2) is 0 Å². The minimum Gasteiger partial charge on any atom is -0.496 e. The van der Waals surface area contributed by atoms with Gasteiger partial charge in [-0.3, -0.25) is 9.59 Å². The van der Waals surface area contributed by atoms with E-state index >= 15 is 0 Å². The molecule has 6 nitrogen and oxygen atoms in total. The standard InChI is InChI=1S/C20H23N3O3/c1-4-15-9-5-7-11-17(15)21-19(24)13-14(2)22-23-20(25)16-10-6-8-12-18(16)26-3/h5-12H,4,13H2,1-3H3,(H,21,24)(H,23,25). The van der Waals surface area contributed by atoms with E-state index in [-0.39, 0.29) is 12.3 Å². The first-order valence-corrected chi connectivity index (χ1v) is 8.39. The number of carbonyl (C=O) groups is 2. The molecule has 0 atom stereocenters. The molecule has 2 rings (SSSR count). The highest BCUT2D eigenvalue weighted by Crippen LogP contribution is 2.17. The Bertz CT molecular complexity index is 815.